The summed E-state index contributed by atoms with van der Waals surface area (Å²) in [6, 6.07) is 18.2. The molecule has 1 amide bonds. The van der Waals surface area contributed by atoms with Crippen LogP contribution in [0.3, 0.4) is 0 Å². The third-order valence-electron chi connectivity index (χ3n) is 5.34. The Kier molecular flexibility index (Phi) is 3.52. The first-order valence-electron chi connectivity index (χ1n) is 8.95. The summed E-state index contributed by atoms with van der Waals surface area (Å²) in [5.41, 5.74) is 4.48. The third kappa shape index (κ3) is 2.39. The molecule has 0 spiro atoms. The lowest BCUT2D eigenvalue weighted by molar-refractivity contribution is 0.0782. The van der Waals surface area contributed by atoms with Gasteiger partial charge in [0.05, 0.1) is 0 Å². The van der Waals surface area contributed by atoms with Crippen LogP contribution < -0.4 is 4.74 Å². The van der Waals surface area contributed by atoms with E-state index in [0.717, 1.165) is 42.1 Å². The number of carbonyl (C=O) groups is 1. The van der Waals surface area contributed by atoms with E-state index in [0.29, 0.717) is 18.2 Å². The minimum atomic E-state index is 0.0140. The first-order valence-corrected chi connectivity index (χ1v) is 8.95. The lowest BCUT2D eigenvalue weighted by Crippen LogP contribution is -2.30. The van der Waals surface area contributed by atoms with Crippen LogP contribution in [0.4, 0.5) is 0 Å². The molecule has 1 unspecified atom stereocenters. The molecule has 3 heterocycles. The normalized spacial score (nSPS) is 18.2. The maximum Gasteiger partial charge on any atom is 0.272 e. The number of rotatable bonds is 2. The molecule has 0 aliphatic carbocycles. The number of aromatic nitrogens is 2. The molecule has 2 aliphatic heterocycles. The number of hydrogen-bond acceptors (Lipinski definition) is 3. The Morgan fingerprint density at radius 2 is 1.92 bits per heavy atom. The predicted molar refractivity (Wildman–Crippen MR) is 98.1 cm³/mol. The molecule has 2 aromatic carbocycles. The lowest BCUT2D eigenvalue weighted by Gasteiger charge is -2.19. The fourth-order valence-corrected chi connectivity index (χ4v) is 3.94. The van der Waals surface area contributed by atoms with Crippen LogP contribution in [0.25, 0.3) is 11.3 Å². The molecule has 2 aliphatic rings. The molecule has 3 aromatic rings. The molecule has 130 valence electrons. The van der Waals surface area contributed by atoms with Crippen LogP contribution >= 0.6 is 0 Å². The van der Waals surface area contributed by atoms with Gasteiger partial charge in [-0.1, -0.05) is 42.5 Å². The average molecular weight is 345 g/mol. The van der Waals surface area contributed by atoms with E-state index in [1.807, 2.05) is 35.2 Å². The second kappa shape index (κ2) is 6.02. The number of fused-ring (bicyclic) bond motifs is 3. The van der Waals surface area contributed by atoms with Crippen LogP contribution in [0.1, 0.15) is 34.0 Å². The van der Waals surface area contributed by atoms with Gasteiger partial charge in [-0.3, -0.25) is 9.89 Å². The lowest BCUT2D eigenvalue weighted by atomic mass is 9.99. The van der Waals surface area contributed by atoms with Gasteiger partial charge in [0.2, 0.25) is 0 Å². The third-order valence-corrected chi connectivity index (χ3v) is 5.34. The van der Waals surface area contributed by atoms with E-state index in [4.69, 9.17) is 4.74 Å². The molecule has 1 atom stereocenters. The van der Waals surface area contributed by atoms with Crippen molar-refractivity contribution in [2.24, 2.45) is 0 Å². The zero-order chi connectivity index (χ0) is 17.5. The highest BCUT2D eigenvalue weighted by atomic mass is 16.5. The summed E-state index contributed by atoms with van der Waals surface area (Å²) >= 11 is 0. The van der Waals surface area contributed by atoms with Crippen LogP contribution in [0.5, 0.6) is 5.75 Å². The second-order valence-corrected chi connectivity index (χ2v) is 6.86. The molecule has 0 radical (unpaired) electrons. The Morgan fingerprint density at radius 1 is 1.12 bits per heavy atom. The number of benzene rings is 2. The number of amides is 1. The Balaban J connectivity index is 1.41. The van der Waals surface area contributed by atoms with E-state index in [1.165, 1.54) is 5.56 Å². The molecule has 1 fully saturated rings. The van der Waals surface area contributed by atoms with Crippen molar-refractivity contribution in [3.05, 3.63) is 71.4 Å². The van der Waals surface area contributed by atoms with Gasteiger partial charge in [-0.2, -0.15) is 5.10 Å². The second-order valence-electron chi connectivity index (χ2n) is 6.86. The molecule has 26 heavy (non-hydrogen) atoms. The van der Waals surface area contributed by atoms with Crippen molar-refractivity contribution in [3.63, 3.8) is 0 Å². The highest BCUT2D eigenvalue weighted by Crippen LogP contribution is 2.37. The summed E-state index contributed by atoms with van der Waals surface area (Å²) in [7, 11) is 0. The minimum Gasteiger partial charge on any atom is -0.488 e. The number of hydrogen-bond donors (Lipinski definition) is 1. The summed E-state index contributed by atoms with van der Waals surface area (Å²) in [5, 5.41) is 7.38. The van der Waals surface area contributed by atoms with Gasteiger partial charge in [0.15, 0.2) is 0 Å². The molecular formula is C21H19N3O2. The van der Waals surface area contributed by atoms with Gasteiger partial charge in [0.1, 0.15) is 23.7 Å². The van der Waals surface area contributed by atoms with E-state index < -0.39 is 0 Å². The molecular weight excluding hydrogens is 326 g/mol. The topological polar surface area (TPSA) is 58.2 Å². The number of aromatic amines is 1. The summed E-state index contributed by atoms with van der Waals surface area (Å²) in [6.45, 7) is 1.89. The molecule has 0 bridgehead atoms. The summed E-state index contributed by atoms with van der Waals surface area (Å²) in [4.78, 5) is 15.0. The van der Waals surface area contributed by atoms with E-state index in [9.17, 15) is 4.79 Å². The Hall–Kier alpha value is -3.08. The van der Waals surface area contributed by atoms with Crippen molar-refractivity contribution in [2.45, 2.75) is 18.9 Å². The summed E-state index contributed by atoms with van der Waals surface area (Å²) in [5.74, 6) is 1.23. The van der Waals surface area contributed by atoms with Crippen LogP contribution in [0.15, 0.2) is 54.6 Å². The number of H-pyrrole nitrogens is 1. The highest BCUT2D eigenvalue weighted by Gasteiger charge is 2.32. The van der Waals surface area contributed by atoms with Crippen LogP contribution in [0, 0.1) is 0 Å². The number of nitrogens with zero attached hydrogens (tertiary/aromatic N) is 2. The Labute approximate surface area is 151 Å². The molecule has 0 saturated carbocycles. The van der Waals surface area contributed by atoms with E-state index in [2.05, 4.69) is 34.5 Å². The van der Waals surface area contributed by atoms with E-state index >= 15 is 0 Å². The molecule has 1 saturated heterocycles. The number of carbonyl (C=O) groups excluding carboxylic acids is 1. The standard InChI is InChI=1S/C21H19N3O2/c25-21(24-11-10-15(12-24)14-6-2-1-3-7-14)20-17-13-26-18-9-5-4-8-16(18)19(17)22-23-20/h1-9,15H,10-13H2,(H,22,23). The SMILES string of the molecule is O=C(c1[nH]nc2c1COc1ccccc1-2)N1CCC(c2ccccc2)C1. The Morgan fingerprint density at radius 3 is 2.81 bits per heavy atom. The first-order chi connectivity index (χ1) is 12.8. The largest absolute Gasteiger partial charge is 0.488 e. The predicted octanol–water partition coefficient (Wildman–Crippen LogP) is 3.60. The maximum absolute atomic E-state index is 13.1. The van der Waals surface area contributed by atoms with Crippen molar-refractivity contribution >= 4 is 5.91 Å². The zero-order valence-corrected chi connectivity index (χ0v) is 14.3. The minimum absolute atomic E-state index is 0.0140. The Bertz CT molecular complexity index is 964. The van der Waals surface area contributed by atoms with Gasteiger partial charge in [0.25, 0.3) is 5.91 Å². The van der Waals surface area contributed by atoms with Gasteiger partial charge in [0, 0.05) is 30.1 Å². The van der Waals surface area contributed by atoms with E-state index in [1.54, 1.807) is 0 Å². The number of ether oxygens (including phenoxy) is 1. The van der Waals surface area contributed by atoms with Crippen molar-refractivity contribution in [1.29, 1.82) is 0 Å². The molecule has 5 rings (SSSR count). The average Bonchev–Trinajstić information content (AvgIpc) is 3.36. The molecule has 5 nitrogen and oxygen atoms in total. The van der Waals surface area contributed by atoms with Crippen LogP contribution in [-0.4, -0.2) is 34.1 Å². The quantitative estimate of drug-likeness (QED) is 0.772. The number of para-hydroxylation sites is 1. The van der Waals surface area contributed by atoms with Gasteiger partial charge in [-0.05, 0) is 24.1 Å². The van der Waals surface area contributed by atoms with Gasteiger partial charge in [-0.15, -0.1) is 0 Å². The maximum atomic E-state index is 13.1. The van der Waals surface area contributed by atoms with Gasteiger partial charge < -0.3 is 9.64 Å². The zero-order valence-electron chi connectivity index (χ0n) is 14.3. The summed E-state index contributed by atoms with van der Waals surface area (Å²) < 4.78 is 5.82. The molecule has 1 N–H and O–H groups in total. The van der Waals surface area contributed by atoms with E-state index in [-0.39, 0.29) is 5.91 Å². The molecule has 5 heteroatoms. The smallest absolute Gasteiger partial charge is 0.272 e. The number of likely N-dealkylation sites (tertiary alicyclic amines) is 1. The highest BCUT2D eigenvalue weighted by molar-refractivity contribution is 5.96. The van der Waals surface area contributed by atoms with Crippen molar-refractivity contribution < 1.29 is 9.53 Å². The van der Waals surface area contributed by atoms with Gasteiger partial charge >= 0.3 is 0 Å². The van der Waals surface area contributed by atoms with Crippen molar-refractivity contribution in [2.75, 3.05) is 13.1 Å². The van der Waals surface area contributed by atoms with Gasteiger partial charge in [-0.25, -0.2) is 0 Å². The fourth-order valence-electron chi connectivity index (χ4n) is 3.94. The first kappa shape index (κ1) is 15.2. The van der Waals surface area contributed by atoms with Crippen LogP contribution in [0.2, 0.25) is 0 Å². The van der Waals surface area contributed by atoms with Crippen molar-refractivity contribution in [1.82, 2.24) is 15.1 Å². The molecule has 1 aromatic heterocycles. The summed E-state index contributed by atoms with van der Waals surface area (Å²) in [6.07, 6.45) is 0.991. The number of nitrogens with one attached hydrogen (secondary N) is 1. The van der Waals surface area contributed by atoms with Crippen molar-refractivity contribution in [3.8, 4) is 17.0 Å². The van der Waals surface area contributed by atoms with Crippen LogP contribution in [-0.2, 0) is 6.61 Å². The fraction of sp³-hybridized carbons (Fsp3) is 0.238. The monoisotopic (exact) mass is 345 g/mol.